The summed E-state index contributed by atoms with van der Waals surface area (Å²) in [5, 5.41) is 4.66. The van der Waals surface area contributed by atoms with Crippen molar-refractivity contribution in [3.05, 3.63) is 33.3 Å². The van der Waals surface area contributed by atoms with Crippen molar-refractivity contribution in [2.45, 2.75) is 11.8 Å². The van der Waals surface area contributed by atoms with E-state index in [0.717, 1.165) is 16.5 Å². The first-order valence-corrected chi connectivity index (χ1v) is 6.37. The van der Waals surface area contributed by atoms with E-state index in [0.29, 0.717) is 11.1 Å². The summed E-state index contributed by atoms with van der Waals surface area (Å²) in [6, 6.07) is 4.35. The molecule has 1 heterocycles. The standard InChI is InChI=1S/C10H11Cl2NS/c1-13-9-5-14-4-7-6(9)2-3-8(11)10(7)12/h2-3,9,13H,4-5H2,1H3. The number of hydrogen-bond donors (Lipinski definition) is 1. The highest BCUT2D eigenvalue weighted by Gasteiger charge is 2.21. The van der Waals surface area contributed by atoms with Crippen LogP contribution in [0, 0.1) is 0 Å². The van der Waals surface area contributed by atoms with Crippen LogP contribution in [-0.4, -0.2) is 12.8 Å². The van der Waals surface area contributed by atoms with E-state index < -0.39 is 0 Å². The minimum Gasteiger partial charge on any atom is -0.312 e. The fourth-order valence-corrected chi connectivity index (χ4v) is 3.40. The number of thioether (sulfide) groups is 1. The van der Waals surface area contributed by atoms with E-state index in [1.807, 2.05) is 24.9 Å². The van der Waals surface area contributed by atoms with Gasteiger partial charge in [0.15, 0.2) is 0 Å². The highest BCUT2D eigenvalue weighted by atomic mass is 35.5. The normalized spacial score (nSPS) is 20.6. The summed E-state index contributed by atoms with van der Waals surface area (Å²) in [7, 11) is 1.98. The van der Waals surface area contributed by atoms with Crippen LogP contribution in [0.15, 0.2) is 12.1 Å². The first-order valence-electron chi connectivity index (χ1n) is 4.46. The molecule has 0 amide bonds. The van der Waals surface area contributed by atoms with E-state index in [-0.39, 0.29) is 0 Å². The molecule has 0 bridgehead atoms. The highest BCUT2D eigenvalue weighted by Crippen LogP contribution is 2.38. The van der Waals surface area contributed by atoms with E-state index in [2.05, 4.69) is 11.4 Å². The number of nitrogens with one attached hydrogen (secondary N) is 1. The van der Waals surface area contributed by atoms with Gasteiger partial charge in [0, 0.05) is 17.5 Å². The van der Waals surface area contributed by atoms with Crippen molar-refractivity contribution >= 4 is 35.0 Å². The molecule has 1 nitrogen and oxygen atoms in total. The Morgan fingerprint density at radius 1 is 1.43 bits per heavy atom. The lowest BCUT2D eigenvalue weighted by Gasteiger charge is -2.25. The van der Waals surface area contributed by atoms with Crippen LogP contribution in [0.1, 0.15) is 17.2 Å². The Morgan fingerprint density at radius 3 is 2.93 bits per heavy atom. The van der Waals surface area contributed by atoms with Gasteiger partial charge in [0.25, 0.3) is 0 Å². The Bertz CT molecular complexity index is 354. The summed E-state index contributed by atoms with van der Waals surface area (Å²) in [5.74, 6) is 2.06. The van der Waals surface area contributed by atoms with Gasteiger partial charge in [-0.15, -0.1) is 0 Å². The number of fused-ring (bicyclic) bond motifs is 1. The lowest BCUT2D eigenvalue weighted by molar-refractivity contribution is 0.651. The van der Waals surface area contributed by atoms with Crippen molar-refractivity contribution in [3.8, 4) is 0 Å². The van der Waals surface area contributed by atoms with Crippen LogP contribution in [0.3, 0.4) is 0 Å². The monoisotopic (exact) mass is 247 g/mol. The Morgan fingerprint density at radius 2 is 2.21 bits per heavy atom. The molecule has 14 heavy (non-hydrogen) atoms. The van der Waals surface area contributed by atoms with Gasteiger partial charge in [0.05, 0.1) is 10.0 Å². The van der Waals surface area contributed by atoms with E-state index in [1.54, 1.807) is 0 Å². The topological polar surface area (TPSA) is 12.0 Å². The zero-order valence-corrected chi connectivity index (χ0v) is 10.1. The molecule has 0 aromatic heterocycles. The van der Waals surface area contributed by atoms with Gasteiger partial charge in [-0.2, -0.15) is 11.8 Å². The van der Waals surface area contributed by atoms with Crippen molar-refractivity contribution in [2.75, 3.05) is 12.8 Å². The summed E-state index contributed by atoms with van der Waals surface area (Å²) in [6.07, 6.45) is 0. The third-order valence-electron chi connectivity index (χ3n) is 2.49. The quantitative estimate of drug-likeness (QED) is 0.816. The van der Waals surface area contributed by atoms with Crippen molar-refractivity contribution in [2.24, 2.45) is 0 Å². The molecular formula is C10H11Cl2NS. The molecular weight excluding hydrogens is 237 g/mol. The molecule has 0 spiro atoms. The predicted molar refractivity (Wildman–Crippen MR) is 64.4 cm³/mol. The average molecular weight is 248 g/mol. The lowest BCUT2D eigenvalue weighted by atomic mass is 10.0. The largest absolute Gasteiger partial charge is 0.312 e. The Hall–Kier alpha value is 0.110. The minimum atomic E-state index is 0.401. The number of rotatable bonds is 1. The summed E-state index contributed by atoms with van der Waals surface area (Å²) >= 11 is 14.0. The molecule has 0 saturated heterocycles. The van der Waals surface area contributed by atoms with Crippen LogP contribution in [0.5, 0.6) is 0 Å². The maximum atomic E-state index is 6.16. The zero-order chi connectivity index (χ0) is 10.1. The smallest absolute Gasteiger partial charge is 0.0636 e. The second kappa shape index (κ2) is 4.31. The molecule has 0 aliphatic carbocycles. The first-order chi connectivity index (χ1) is 6.74. The lowest BCUT2D eigenvalue weighted by Crippen LogP contribution is -2.23. The number of benzene rings is 1. The van der Waals surface area contributed by atoms with Gasteiger partial charge < -0.3 is 5.32 Å². The third-order valence-corrected chi connectivity index (χ3v) is 4.39. The van der Waals surface area contributed by atoms with Gasteiger partial charge in [-0.1, -0.05) is 29.3 Å². The number of hydrogen-bond acceptors (Lipinski definition) is 2. The van der Waals surface area contributed by atoms with E-state index >= 15 is 0 Å². The molecule has 0 fully saturated rings. The maximum Gasteiger partial charge on any atom is 0.0636 e. The number of halogens is 2. The van der Waals surface area contributed by atoms with E-state index in [4.69, 9.17) is 23.2 Å². The Kier molecular flexibility index (Phi) is 3.27. The molecule has 1 unspecified atom stereocenters. The summed E-state index contributed by atoms with van der Waals surface area (Å²) in [5.41, 5.74) is 2.48. The zero-order valence-electron chi connectivity index (χ0n) is 7.81. The molecule has 1 atom stereocenters. The van der Waals surface area contributed by atoms with E-state index in [9.17, 15) is 0 Å². The van der Waals surface area contributed by atoms with Crippen LogP contribution in [0.25, 0.3) is 0 Å². The van der Waals surface area contributed by atoms with Gasteiger partial charge >= 0.3 is 0 Å². The van der Waals surface area contributed by atoms with Crippen LogP contribution >= 0.6 is 35.0 Å². The third kappa shape index (κ3) is 1.76. The Balaban J connectivity index is 2.50. The molecule has 0 saturated carbocycles. The molecule has 4 heteroatoms. The maximum absolute atomic E-state index is 6.16. The summed E-state index contributed by atoms with van der Waals surface area (Å²) in [6.45, 7) is 0. The highest BCUT2D eigenvalue weighted by molar-refractivity contribution is 7.98. The summed E-state index contributed by atoms with van der Waals surface area (Å²) in [4.78, 5) is 0. The SMILES string of the molecule is CNC1CSCc2c1ccc(Cl)c2Cl. The fraction of sp³-hybridized carbons (Fsp3) is 0.400. The van der Waals surface area contributed by atoms with Gasteiger partial charge in [-0.05, 0) is 24.2 Å². The molecule has 1 N–H and O–H groups in total. The van der Waals surface area contributed by atoms with Crippen molar-refractivity contribution < 1.29 is 0 Å². The molecule has 1 aromatic rings. The van der Waals surface area contributed by atoms with Crippen LogP contribution in [0.4, 0.5) is 0 Å². The molecule has 2 rings (SSSR count). The fourth-order valence-electron chi connectivity index (χ4n) is 1.69. The first kappa shape index (κ1) is 10.6. The minimum absolute atomic E-state index is 0.401. The van der Waals surface area contributed by atoms with Crippen LogP contribution < -0.4 is 5.32 Å². The Labute approximate surface area is 98.2 Å². The average Bonchev–Trinajstić information content (AvgIpc) is 2.23. The molecule has 1 aliphatic rings. The van der Waals surface area contributed by atoms with E-state index in [1.165, 1.54) is 11.1 Å². The van der Waals surface area contributed by atoms with Gasteiger partial charge in [-0.3, -0.25) is 0 Å². The van der Waals surface area contributed by atoms with Crippen LogP contribution in [-0.2, 0) is 5.75 Å². The van der Waals surface area contributed by atoms with Gasteiger partial charge in [-0.25, -0.2) is 0 Å². The molecule has 76 valence electrons. The predicted octanol–water partition coefficient (Wildman–Crippen LogP) is 3.50. The van der Waals surface area contributed by atoms with Crippen molar-refractivity contribution in [1.82, 2.24) is 5.32 Å². The second-order valence-corrected chi connectivity index (χ2v) is 5.10. The van der Waals surface area contributed by atoms with Gasteiger partial charge in [0.1, 0.15) is 0 Å². The molecule has 0 radical (unpaired) electrons. The van der Waals surface area contributed by atoms with Gasteiger partial charge in [0.2, 0.25) is 0 Å². The van der Waals surface area contributed by atoms with Crippen molar-refractivity contribution in [1.29, 1.82) is 0 Å². The van der Waals surface area contributed by atoms with Crippen LogP contribution in [0.2, 0.25) is 10.0 Å². The molecule has 1 aromatic carbocycles. The van der Waals surface area contributed by atoms with Crippen molar-refractivity contribution in [3.63, 3.8) is 0 Å². The molecule has 1 aliphatic heterocycles. The summed E-state index contributed by atoms with van der Waals surface area (Å²) < 4.78 is 0. The second-order valence-electron chi connectivity index (χ2n) is 3.29.